The average molecular weight is 386 g/mol. The van der Waals surface area contributed by atoms with E-state index in [1.165, 1.54) is 6.07 Å². The maximum atomic E-state index is 12.1. The highest BCUT2D eigenvalue weighted by molar-refractivity contribution is 5.96. The van der Waals surface area contributed by atoms with Gasteiger partial charge in [0.25, 0.3) is 11.5 Å². The molecule has 0 bridgehead atoms. The number of H-pyrrole nitrogens is 1. The van der Waals surface area contributed by atoms with Crippen molar-refractivity contribution < 1.29 is 4.79 Å². The van der Waals surface area contributed by atoms with Gasteiger partial charge in [0.15, 0.2) is 0 Å². The summed E-state index contributed by atoms with van der Waals surface area (Å²) in [5.74, 6) is 4.53. The molecule has 0 aliphatic rings. The van der Waals surface area contributed by atoms with Gasteiger partial charge in [0.05, 0.1) is 17.0 Å². The van der Waals surface area contributed by atoms with E-state index < -0.39 is 11.5 Å². The Morgan fingerprint density at radius 2 is 1.66 bits per heavy atom. The van der Waals surface area contributed by atoms with Gasteiger partial charge in [-0.1, -0.05) is 60.7 Å². The van der Waals surface area contributed by atoms with Gasteiger partial charge in [0.2, 0.25) is 0 Å². The topological polar surface area (TPSA) is 119 Å². The van der Waals surface area contributed by atoms with Crippen LogP contribution in [-0.4, -0.2) is 25.9 Å². The van der Waals surface area contributed by atoms with Gasteiger partial charge in [-0.3, -0.25) is 19.7 Å². The number of benzene rings is 2. The largest absolute Gasteiger partial charge is 0.290 e. The number of aryl methyl sites for hydroxylation is 1. The van der Waals surface area contributed by atoms with Crippen molar-refractivity contribution in [3.63, 3.8) is 0 Å². The molecule has 0 saturated heterocycles. The van der Waals surface area contributed by atoms with E-state index in [0.717, 1.165) is 16.8 Å². The number of rotatable bonds is 4. The number of nitrogen functional groups attached to an aromatic ring is 1. The smallest absolute Gasteiger partial charge is 0.277 e. The number of nitrogens with two attached hydrogens (primary N) is 1. The molecule has 29 heavy (non-hydrogen) atoms. The Morgan fingerprint density at radius 3 is 2.28 bits per heavy atom. The summed E-state index contributed by atoms with van der Waals surface area (Å²) in [6.07, 6.45) is 0. The minimum absolute atomic E-state index is 0.126. The molecular weight excluding hydrogens is 368 g/mol. The van der Waals surface area contributed by atoms with Crippen LogP contribution in [0.15, 0.2) is 71.5 Å². The molecule has 2 aromatic heterocycles. The minimum Gasteiger partial charge on any atom is -0.290 e. The predicted octanol–water partition coefficient (Wildman–Crippen LogP) is 2.11. The fourth-order valence-electron chi connectivity index (χ4n) is 3.27. The normalized spacial score (nSPS) is 10.7. The summed E-state index contributed by atoms with van der Waals surface area (Å²) in [6, 6.07) is 20.8. The number of carbonyl (C=O) groups is 1. The number of carbonyl (C=O) groups excluding carboxylic acids is 1. The Kier molecular flexibility index (Phi) is 4.76. The van der Waals surface area contributed by atoms with E-state index in [2.05, 4.69) is 10.2 Å². The number of nitrogens with one attached hydrogen (secondary N) is 2. The van der Waals surface area contributed by atoms with Crippen LogP contribution < -0.4 is 16.8 Å². The highest BCUT2D eigenvalue weighted by Crippen LogP contribution is 2.38. The van der Waals surface area contributed by atoms with Crippen molar-refractivity contribution in [3.05, 3.63) is 82.6 Å². The third-order valence-electron chi connectivity index (χ3n) is 4.58. The summed E-state index contributed by atoms with van der Waals surface area (Å²) in [5.41, 5.74) is 5.67. The second-order valence-electron chi connectivity index (χ2n) is 6.40. The van der Waals surface area contributed by atoms with Crippen LogP contribution in [0, 0.1) is 0 Å². The van der Waals surface area contributed by atoms with Crippen LogP contribution in [0.4, 0.5) is 0 Å². The van der Waals surface area contributed by atoms with E-state index >= 15 is 0 Å². The van der Waals surface area contributed by atoms with Crippen LogP contribution in [0.3, 0.4) is 0 Å². The van der Waals surface area contributed by atoms with Gasteiger partial charge in [-0.15, -0.1) is 0 Å². The standard InChI is InChI=1S/C21H18N6O2/c1-27-19(14-10-6-3-7-11-14)17(18(26-27)13-8-4-2-5-9-13)16-12-15(20(28)23-22)21(29)25-24-16/h2-12H,22H2,1H3,(H,23,28)(H,25,29). The van der Waals surface area contributed by atoms with Gasteiger partial charge in [0.1, 0.15) is 11.3 Å². The molecule has 0 saturated carbocycles. The van der Waals surface area contributed by atoms with Crippen molar-refractivity contribution in [1.29, 1.82) is 0 Å². The van der Waals surface area contributed by atoms with Crippen molar-refractivity contribution in [1.82, 2.24) is 25.4 Å². The third kappa shape index (κ3) is 3.32. The Balaban J connectivity index is 2.04. The first-order chi connectivity index (χ1) is 14.1. The average Bonchev–Trinajstić information content (AvgIpc) is 3.12. The Hall–Kier alpha value is -4.04. The van der Waals surface area contributed by atoms with Gasteiger partial charge >= 0.3 is 0 Å². The van der Waals surface area contributed by atoms with E-state index in [-0.39, 0.29) is 5.56 Å². The second kappa shape index (κ2) is 7.53. The Bertz CT molecular complexity index is 1230. The Labute approximate surface area is 166 Å². The SMILES string of the molecule is Cn1nc(-c2ccccc2)c(-c2cc(C(=O)NN)c(=O)[nH]n2)c1-c1ccccc1. The summed E-state index contributed by atoms with van der Waals surface area (Å²) in [6.45, 7) is 0. The molecule has 0 spiro atoms. The molecule has 0 fully saturated rings. The highest BCUT2D eigenvalue weighted by atomic mass is 16.2. The summed E-state index contributed by atoms with van der Waals surface area (Å²) in [7, 11) is 1.84. The number of hydrogen-bond donors (Lipinski definition) is 3. The van der Waals surface area contributed by atoms with Crippen LogP contribution in [0.2, 0.25) is 0 Å². The molecule has 1 amide bonds. The maximum Gasteiger partial charge on any atom is 0.277 e. The third-order valence-corrected chi connectivity index (χ3v) is 4.58. The van der Waals surface area contributed by atoms with Crippen LogP contribution >= 0.6 is 0 Å². The number of hydrogen-bond acceptors (Lipinski definition) is 5. The summed E-state index contributed by atoms with van der Waals surface area (Å²) < 4.78 is 1.77. The van der Waals surface area contributed by atoms with Crippen molar-refractivity contribution >= 4 is 5.91 Å². The van der Waals surface area contributed by atoms with Crippen molar-refractivity contribution in [2.75, 3.05) is 0 Å². The molecular formula is C21H18N6O2. The number of aromatic amines is 1. The Morgan fingerprint density at radius 1 is 1.03 bits per heavy atom. The van der Waals surface area contributed by atoms with Gasteiger partial charge in [-0.25, -0.2) is 10.9 Å². The molecule has 8 heteroatoms. The fraction of sp³-hybridized carbons (Fsp3) is 0.0476. The molecule has 144 valence electrons. The van der Waals surface area contributed by atoms with Crippen molar-refractivity contribution in [3.8, 4) is 33.8 Å². The first-order valence-corrected chi connectivity index (χ1v) is 8.89. The molecule has 0 atom stereocenters. The van der Waals surface area contributed by atoms with E-state index in [1.807, 2.05) is 73.1 Å². The summed E-state index contributed by atoms with van der Waals surface area (Å²) >= 11 is 0. The van der Waals surface area contributed by atoms with Gasteiger partial charge in [0, 0.05) is 18.2 Å². The zero-order valence-corrected chi connectivity index (χ0v) is 15.6. The van der Waals surface area contributed by atoms with Crippen LogP contribution in [-0.2, 0) is 7.05 Å². The lowest BCUT2D eigenvalue weighted by Gasteiger charge is -2.08. The summed E-state index contributed by atoms with van der Waals surface area (Å²) in [4.78, 5) is 24.1. The predicted molar refractivity (Wildman–Crippen MR) is 110 cm³/mol. The van der Waals surface area contributed by atoms with Crippen molar-refractivity contribution in [2.45, 2.75) is 0 Å². The molecule has 0 aliphatic carbocycles. The van der Waals surface area contributed by atoms with Crippen LogP contribution in [0.5, 0.6) is 0 Å². The molecule has 2 aromatic carbocycles. The second-order valence-corrected chi connectivity index (χ2v) is 6.40. The highest BCUT2D eigenvalue weighted by Gasteiger charge is 2.23. The quantitative estimate of drug-likeness (QED) is 0.282. The molecule has 0 unspecified atom stereocenters. The van der Waals surface area contributed by atoms with Crippen LogP contribution in [0.1, 0.15) is 10.4 Å². The fourth-order valence-corrected chi connectivity index (χ4v) is 3.27. The minimum atomic E-state index is -0.693. The lowest BCUT2D eigenvalue weighted by molar-refractivity contribution is 0.0952. The molecule has 4 aromatic rings. The zero-order chi connectivity index (χ0) is 20.4. The molecule has 0 radical (unpaired) electrons. The van der Waals surface area contributed by atoms with E-state index in [9.17, 15) is 9.59 Å². The van der Waals surface area contributed by atoms with Crippen molar-refractivity contribution in [2.24, 2.45) is 12.9 Å². The molecule has 8 nitrogen and oxygen atoms in total. The molecule has 2 heterocycles. The molecule has 4 rings (SSSR count). The maximum absolute atomic E-state index is 12.1. The lowest BCUT2D eigenvalue weighted by atomic mass is 9.98. The zero-order valence-electron chi connectivity index (χ0n) is 15.6. The first-order valence-electron chi connectivity index (χ1n) is 8.89. The number of aromatic nitrogens is 4. The van der Waals surface area contributed by atoms with E-state index in [4.69, 9.17) is 10.9 Å². The molecule has 0 aliphatic heterocycles. The number of amides is 1. The van der Waals surface area contributed by atoms with Gasteiger partial charge in [-0.05, 0) is 6.07 Å². The number of nitrogens with zero attached hydrogens (tertiary/aromatic N) is 3. The lowest BCUT2D eigenvalue weighted by Crippen LogP contribution is -2.34. The first kappa shape index (κ1) is 18.3. The summed E-state index contributed by atoms with van der Waals surface area (Å²) in [5, 5.41) is 11.3. The van der Waals surface area contributed by atoms with Gasteiger partial charge in [-0.2, -0.15) is 10.2 Å². The van der Waals surface area contributed by atoms with Gasteiger partial charge < -0.3 is 0 Å². The van der Waals surface area contributed by atoms with E-state index in [0.29, 0.717) is 17.0 Å². The van der Waals surface area contributed by atoms with Crippen LogP contribution in [0.25, 0.3) is 33.8 Å². The molecule has 4 N–H and O–H groups in total. The van der Waals surface area contributed by atoms with E-state index in [1.54, 1.807) is 4.68 Å². The number of hydrazine groups is 1. The monoisotopic (exact) mass is 386 g/mol.